The second-order valence-electron chi connectivity index (χ2n) is 9.93. The van der Waals surface area contributed by atoms with Crippen molar-refractivity contribution in [3.63, 3.8) is 0 Å². The molecule has 3 rings (SSSR count). The Morgan fingerprint density at radius 1 is 1.08 bits per heavy atom. The third-order valence-electron chi connectivity index (χ3n) is 7.39. The van der Waals surface area contributed by atoms with Crippen molar-refractivity contribution in [3.05, 3.63) is 23.3 Å². The van der Waals surface area contributed by atoms with Crippen LogP contribution in [0.4, 0.5) is 0 Å². The van der Waals surface area contributed by atoms with Crippen LogP contribution in [-0.2, 0) is 0 Å². The van der Waals surface area contributed by atoms with Gasteiger partial charge < -0.3 is 9.88 Å². The number of hydrogen-bond acceptors (Lipinski definition) is 2. The van der Waals surface area contributed by atoms with Gasteiger partial charge in [-0.3, -0.25) is 0 Å². The minimum Gasteiger partial charge on any atom is -0.321 e. The summed E-state index contributed by atoms with van der Waals surface area (Å²) in [6.45, 7) is 22.3. The third kappa shape index (κ3) is 3.57. The van der Waals surface area contributed by atoms with Gasteiger partial charge in [0.05, 0.1) is 0 Å². The summed E-state index contributed by atoms with van der Waals surface area (Å²) in [6, 6.07) is 0. The summed E-state index contributed by atoms with van der Waals surface area (Å²) in [6.07, 6.45) is 6.73. The molecule has 0 radical (unpaired) electrons. The first-order chi connectivity index (χ1) is 11.7. The average Bonchev–Trinajstić information content (AvgIpc) is 2.92. The predicted octanol–water partition coefficient (Wildman–Crippen LogP) is 4.92. The van der Waals surface area contributed by atoms with Crippen LogP contribution in [0.3, 0.4) is 0 Å². The lowest BCUT2D eigenvalue weighted by Crippen LogP contribution is -2.59. The number of fused-ring (bicyclic) bond motifs is 1. The van der Waals surface area contributed by atoms with Crippen molar-refractivity contribution in [1.82, 2.24) is 9.88 Å². The number of allylic oxidation sites excluding steroid dienone is 4. The summed E-state index contributed by atoms with van der Waals surface area (Å²) < 4.78 is 2.90. The van der Waals surface area contributed by atoms with Crippen LogP contribution in [0.15, 0.2) is 23.3 Å². The molecule has 1 saturated heterocycles. The van der Waals surface area contributed by atoms with Gasteiger partial charge in [0.2, 0.25) is 0 Å². The van der Waals surface area contributed by atoms with Crippen molar-refractivity contribution in [2.45, 2.75) is 59.7 Å². The number of hydrogen-bond donors (Lipinski definition) is 1. The Kier molecular flexibility index (Phi) is 5.68. The molecule has 3 aliphatic rings. The monoisotopic (exact) mass is 360 g/mol. The summed E-state index contributed by atoms with van der Waals surface area (Å²) in [7, 11) is -1.43. The first-order valence-electron chi connectivity index (χ1n) is 10.6. The minimum absolute atomic E-state index is 0.648. The first-order valence-corrected chi connectivity index (χ1v) is 13.6. The molecular weight excluding hydrogens is 320 g/mol. The molecule has 4 atom stereocenters. The van der Waals surface area contributed by atoms with Gasteiger partial charge in [0.25, 0.3) is 0 Å². The van der Waals surface area contributed by atoms with Crippen molar-refractivity contribution in [2.75, 3.05) is 26.2 Å². The van der Waals surface area contributed by atoms with Crippen molar-refractivity contribution < 1.29 is 0 Å². The molecule has 1 heterocycles. The van der Waals surface area contributed by atoms with E-state index in [9.17, 15) is 0 Å². The molecule has 0 aromatic heterocycles. The first kappa shape index (κ1) is 19.4. The number of nitrogens with one attached hydrogen (secondary N) is 1. The van der Waals surface area contributed by atoms with Gasteiger partial charge in [-0.2, -0.15) is 0 Å². The van der Waals surface area contributed by atoms with Crippen LogP contribution in [0, 0.1) is 29.6 Å². The smallest absolute Gasteiger partial charge is 0.126 e. The zero-order chi connectivity index (χ0) is 18.4. The van der Waals surface area contributed by atoms with Crippen LogP contribution in [0.25, 0.3) is 0 Å². The number of rotatable bonds is 4. The molecule has 0 bridgehead atoms. The van der Waals surface area contributed by atoms with Crippen molar-refractivity contribution in [3.8, 4) is 0 Å². The quantitative estimate of drug-likeness (QED) is 0.716. The lowest BCUT2D eigenvalue weighted by atomic mass is 9.73. The maximum absolute atomic E-state index is 3.55. The van der Waals surface area contributed by atoms with E-state index in [1.807, 2.05) is 0 Å². The standard InChI is InChI=1S/C22H40N2Si/c1-15(2)18-13-19(16(3)4)22-17(5)12-21(20(22)14-18)25(6,7)24-10-8-23-9-11-24/h13-17,20-23H,8-12H2,1-7H3/t17-,20?,21?,22?/m0/s1. The summed E-state index contributed by atoms with van der Waals surface area (Å²) in [4.78, 5) is 0. The second kappa shape index (κ2) is 7.32. The van der Waals surface area contributed by atoms with Gasteiger partial charge in [-0.25, -0.2) is 0 Å². The fraction of sp³-hybridized carbons (Fsp3) is 0.818. The van der Waals surface area contributed by atoms with E-state index in [0.717, 1.165) is 23.3 Å². The Bertz CT molecular complexity index is 540. The maximum atomic E-state index is 3.55. The molecule has 2 aliphatic carbocycles. The lowest BCUT2D eigenvalue weighted by Gasteiger charge is -2.46. The van der Waals surface area contributed by atoms with Gasteiger partial charge >= 0.3 is 0 Å². The van der Waals surface area contributed by atoms with Crippen LogP contribution in [0.2, 0.25) is 18.6 Å². The SMILES string of the molecule is CC(C)C1=CC2C(C(C(C)C)=C1)[C@@H](C)CC2[Si](C)(C)N1CCNCC1. The van der Waals surface area contributed by atoms with E-state index in [1.54, 1.807) is 11.1 Å². The molecule has 1 aliphatic heterocycles. The molecule has 0 aromatic rings. The van der Waals surface area contributed by atoms with Crippen LogP contribution in [0.1, 0.15) is 41.0 Å². The van der Waals surface area contributed by atoms with Crippen molar-refractivity contribution in [2.24, 2.45) is 29.6 Å². The Balaban J connectivity index is 1.94. The largest absolute Gasteiger partial charge is 0.321 e. The van der Waals surface area contributed by atoms with Gasteiger partial charge in [0, 0.05) is 26.2 Å². The van der Waals surface area contributed by atoms with E-state index in [0.29, 0.717) is 11.8 Å². The number of piperazine rings is 1. The summed E-state index contributed by atoms with van der Waals surface area (Å²) in [5, 5.41) is 3.55. The Labute approximate surface area is 157 Å². The van der Waals surface area contributed by atoms with Crippen LogP contribution < -0.4 is 5.32 Å². The highest BCUT2D eigenvalue weighted by molar-refractivity contribution is 6.76. The molecule has 3 heteroatoms. The fourth-order valence-corrected chi connectivity index (χ4v) is 9.85. The zero-order valence-corrected chi connectivity index (χ0v) is 18.6. The Morgan fingerprint density at radius 3 is 2.28 bits per heavy atom. The van der Waals surface area contributed by atoms with Gasteiger partial charge in [-0.05, 0) is 47.1 Å². The Morgan fingerprint density at radius 2 is 1.72 bits per heavy atom. The molecule has 2 fully saturated rings. The predicted molar refractivity (Wildman–Crippen MR) is 112 cm³/mol. The second-order valence-corrected chi connectivity index (χ2v) is 14.6. The molecule has 3 unspecified atom stereocenters. The van der Waals surface area contributed by atoms with Crippen LogP contribution in [-0.4, -0.2) is 39.0 Å². The highest BCUT2D eigenvalue weighted by Gasteiger charge is 2.52. The van der Waals surface area contributed by atoms with E-state index in [1.165, 1.54) is 32.6 Å². The van der Waals surface area contributed by atoms with Crippen molar-refractivity contribution >= 4 is 8.24 Å². The van der Waals surface area contributed by atoms with Gasteiger partial charge in [-0.1, -0.05) is 65.4 Å². The highest BCUT2D eigenvalue weighted by Crippen LogP contribution is 2.57. The maximum Gasteiger partial charge on any atom is 0.126 e. The molecular formula is C22H40N2Si. The third-order valence-corrected chi connectivity index (χ3v) is 11.9. The van der Waals surface area contributed by atoms with Crippen molar-refractivity contribution in [1.29, 1.82) is 0 Å². The molecule has 0 spiro atoms. The normalized spacial score (nSPS) is 34.3. The van der Waals surface area contributed by atoms with Crippen LogP contribution >= 0.6 is 0 Å². The van der Waals surface area contributed by atoms with Gasteiger partial charge in [0.15, 0.2) is 0 Å². The molecule has 0 aromatic carbocycles. The zero-order valence-electron chi connectivity index (χ0n) is 17.6. The van der Waals surface area contributed by atoms with E-state index in [2.05, 4.69) is 69.7 Å². The summed E-state index contributed by atoms with van der Waals surface area (Å²) in [5.41, 5.74) is 4.26. The molecule has 0 amide bonds. The van der Waals surface area contributed by atoms with Crippen LogP contribution in [0.5, 0.6) is 0 Å². The van der Waals surface area contributed by atoms with E-state index >= 15 is 0 Å². The average molecular weight is 361 g/mol. The number of nitrogens with zero attached hydrogens (tertiary/aromatic N) is 1. The molecule has 142 valence electrons. The molecule has 1 saturated carbocycles. The topological polar surface area (TPSA) is 15.3 Å². The van der Waals surface area contributed by atoms with Gasteiger partial charge in [0.1, 0.15) is 8.24 Å². The van der Waals surface area contributed by atoms with E-state index in [-0.39, 0.29) is 0 Å². The minimum atomic E-state index is -1.43. The summed E-state index contributed by atoms with van der Waals surface area (Å²) >= 11 is 0. The van der Waals surface area contributed by atoms with Gasteiger partial charge in [-0.15, -0.1) is 0 Å². The molecule has 25 heavy (non-hydrogen) atoms. The highest BCUT2D eigenvalue weighted by atomic mass is 28.3. The Hall–Kier alpha value is -0.383. The molecule has 2 nitrogen and oxygen atoms in total. The van der Waals surface area contributed by atoms with E-state index in [4.69, 9.17) is 0 Å². The summed E-state index contributed by atoms with van der Waals surface area (Å²) in [5.74, 6) is 3.74. The lowest BCUT2D eigenvalue weighted by molar-refractivity contribution is 0.344. The molecule has 1 N–H and O–H groups in total. The van der Waals surface area contributed by atoms with E-state index < -0.39 is 8.24 Å². The fourth-order valence-electron chi connectivity index (χ4n) is 5.81.